The third-order valence-electron chi connectivity index (χ3n) is 4.62. The number of nitrogens with two attached hydrogens (primary N) is 1. The van der Waals surface area contributed by atoms with Crippen molar-refractivity contribution < 1.29 is 9.18 Å². The number of ketones is 1. The highest BCUT2D eigenvalue weighted by molar-refractivity contribution is 6.35. The van der Waals surface area contributed by atoms with Crippen molar-refractivity contribution in [1.29, 1.82) is 0 Å². The molecule has 24 heavy (non-hydrogen) atoms. The van der Waals surface area contributed by atoms with E-state index < -0.39 is 11.6 Å². The second-order valence-electron chi connectivity index (χ2n) is 6.33. The summed E-state index contributed by atoms with van der Waals surface area (Å²) in [6.07, 6.45) is 2.13. The van der Waals surface area contributed by atoms with E-state index in [1.165, 1.54) is 0 Å². The standard InChI is InChI=1S/C19H20ClFN2O/c1-10-9-12(5-8-15(10)22)19(24)16-14(20)7-6-13(17(16)21)18(23-2)11-3-4-11/h5-9,11,18,23H,3-4,22H2,1-2H3. The monoisotopic (exact) mass is 346 g/mol. The lowest BCUT2D eigenvalue weighted by molar-refractivity contribution is 0.103. The van der Waals surface area contributed by atoms with Gasteiger partial charge in [-0.05, 0) is 62.6 Å². The molecule has 3 rings (SSSR count). The summed E-state index contributed by atoms with van der Waals surface area (Å²) in [4.78, 5) is 12.8. The SMILES string of the molecule is CNC(c1ccc(Cl)c(C(=O)c2ccc(N)c(C)c2)c1F)C1CC1. The molecule has 126 valence electrons. The maximum absolute atomic E-state index is 15.1. The molecule has 3 nitrogen and oxygen atoms in total. The summed E-state index contributed by atoms with van der Waals surface area (Å²) in [5.41, 5.74) is 7.97. The molecule has 1 aliphatic rings. The number of carbonyl (C=O) groups excluding carboxylic acids is 1. The first-order valence-corrected chi connectivity index (χ1v) is 8.37. The van der Waals surface area contributed by atoms with Crippen LogP contribution >= 0.6 is 11.6 Å². The second kappa shape index (κ2) is 6.54. The Hall–Kier alpha value is -1.91. The first kappa shape index (κ1) is 16.9. The summed E-state index contributed by atoms with van der Waals surface area (Å²) in [7, 11) is 1.81. The number of hydrogen-bond donors (Lipinski definition) is 2. The van der Waals surface area contributed by atoms with Crippen LogP contribution in [0.4, 0.5) is 10.1 Å². The highest BCUT2D eigenvalue weighted by atomic mass is 35.5. The summed E-state index contributed by atoms with van der Waals surface area (Å²) in [6, 6.07) is 8.09. The summed E-state index contributed by atoms with van der Waals surface area (Å²) < 4.78 is 15.1. The Bertz CT molecular complexity index is 802. The van der Waals surface area contributed by atoms with E-state index in [1.54, 1.807) is 30.3 Å². The topological polar surface area (TPSA) is 55.1 Å². The van der Waals surface area contributed by atoms with Crippen molar-refractivity contribution in [1.82, 2.24) is 5.32 Å². The van der Waals surface area contributed by atoms with Gasteiger partial charge in [0, 0.05) is 22.9 Å². The molecule has 0 spiro atoms. The number of nitrogen functional groups attached to an aromatic ring is 1. The van der Waals surface area contributed by atoms with Gasteiger partial charge in [0.05, 0.1) is 10.6 Å². The van der Waals surface area contributed by atoms with Gasteiger partial charge < -0.3 is 11.1 Å². The molecule has 2 aromatic carbocycles. The number of rotatable bonds is 5. The molecule has 1 atom stereocenters. The van der Waals surface area contributed by atoms with Crippen LogP contribution in [0.15, 0.2) is 30.3 Å². The van der Waals surface area contributed by atoms with Crippen LogP contribution in [-0.2, 0) is 0 Å². The van der Waals surface area contributed by atoms with E-state index in [9.17, 15) is 4.79 Å². The molecule has 1 unspecified atom stereocenters. The van der Waals surface area contributed by atoms with Crippen molar-refractivity contribution in [3.63, 3.8) is 0 Å². The molecule has 0 radical (unpaired) electrons. The zero-order valence-corrected chi connectivity index (χ0v) is 14.5. The molecule has 3 N–H and O–H groups in total. The number of aryl methyl sites for hydroxylation is 1. The van der Waals surface area contributed by atoms with Gasteiger partial charge in [0.1, 0.15) is 5.82 Å². The summed E-state index contributed by atoms with van der Waals surface area (Å²) in [5, 5.41) is 3.28. The van der Waals surface area contributed by atoms with Crippen LogP contribution in [0.3, 0.4) is 0 Å². The van der Waals surface area contributed by atoms with Crippen LogP contribution in [-0.4, -0.2) is 12.8 Å². The van der Waals surface area contributed by atoms with E-state index in [1.807, 2.05) is 14.0 Å². The predicted octanol–water partition coefficient (Wildman–Crippen LogP) is 4.27. The zero-order valence-electron chi connectivity index (χ0n) is 13.7. The van der Waals surface area contributed by atoms with Crippen molar-refractivity contribution in [2.24, 2.45) is 5.92 Å². The van der Waals surface area contributed by atoms with Crippen LogP contribution < -0.4 is 11.1 Å². The third-order valence-corrected chi connectivity index (χ3v) is 4.93. The van der Waals surface area contributed by atoms with Crippen molar-refractivity contribution in [3.05, 3.63) is 63.4 Å². The molecular weight excluding hydrogens is 327 g/mol. The minimum Gasteiger partial charge on any atom is -0.399 e. The molecule has 0 heterocycles. The summed E-state index contributed by atoms with van der Waals surface area (Å²) >= 11 is 6.15. The normalized spacial score (nSPS) is 15.3. The van der Waals surface area contributed by atoms with Gasteiger partial charge in [-0.25, -0.2) is 4.39 Å². The van der Waals surface area contributed by atoms with Gasteiger partial charge in [-0.2, -0.15) is 0 Å². The number of nitrogens with one attached hydrogen (secondary N) is 1. The molecule has 1 fully saturated rings. The Morgan fingerprint density at radius 1 is 1.33 bits per heavy atom. The quantitative estimate of drug-likeness (QED) is 0.628. The van der Waals surface area contributed by atoms with Gasteiger partial charge in [0.15, 0.2) is 5.78 Å². The van der Waals surface area contributed by atoms with E-state index in [2.05, 4.69) is 5.32 Å². The summed E-state index contributed by atoms with van der Waals surface area (Å²) in [6.45, 7) is 1.81. The molecule has 2 aromatic rings. The molecular formula is C19H20ClFN2O. The van der Waals surface area contributed by atoms with E-state index in [0.29, 0.717) is 22.7 Å². The van der Waals surface area contributed by atoms with Gasteiger partial charge in [-0.15, -0.1) is 0 Å². The number of carbonyl (C=O) groups is 1. The first-order chi connectivity index (χ1) is 11.4. The fourth-order valence-corrected chi connectivity index (χ4v) is 3.28. The predicted molar refractivity (Wildman–Crippen MR) is 95.0 cm³/mol. The van der Waals surface area contributed by atoms with Gasteiger partial charge in [-0.1, -0.05) is 17.7 Å². The second-order valence-corrected chi connectivity index (χ2v) is 6.74. The molecule has 0 amide bonds. The van der Waals surface area contributed by atoms with Gasteiger partial charge in [0.25, 0.3) is 0 Å². The van der Waals surface area contributed by atoms with Crippen molar-refractivity contribution >= 4 is 23.1 Å². The Morgan fingerprint density at radius 2 is 2.04 bits per heavy atom. The summed E-state index contributed by atoms with van der Waals surface area (Å²) in [5.74, 6) is -0.547. The Kier molecular flexibility index (Phi) is 4.61. The lowest BCUT2D eigenvalue weighted by Crippen LogP contribution is -2.21. The average molecular weight is 347 g/mol. The number of anilines is 1. The van der Waals surface area contributed by atoms with E-state index in [4.69, 9.17) is 17.3 Å². The lowest BCUT2D eigenvalue weighted by atomic mass is 9.94. The smallest absolute Gasteiger partial charge is 0.197 e. The number of benzene rings is 2. The number of hydrogen-bond acceptors (Lipinski definition) is 3. The number of halogens is 2. The Balaban J connectivity index is 2.06. The molecule has 5 heteroatoms. The van der Waals surface area contributed by atoms with Gasteiger partial charge in [0.2, 0.25) is 0 Å². The third kappa shape index (κ3) is 3.04. The van der Waals surface area contributed by atoms with Gasteiger partial charge >= 0.3 is 0 Å². The zero-order chi connectivity index (χ0) is 17.4. The maximum atomic E-state index is 15.1. The molecule has 0 bridgehead atoms. The molecule has 1 aliphatic carbocycles. The van der Waals surface area contributed by atoms with Crippen LogP contribution in [0.25, 0.3) is 0 Å². The first-order valence-electron chi connectivity index (χ1n) is 8.00. The average Bonchev–Trinajstić information content (AvgIpc) is 3.37. The van der Waals surface area contributed by atoms with E-state index in [0.717, 1.165) is 18.4 Å². The molecule has 0 saturated heterocycles. The molecule has 0 aliphatic heterocycles. The Labute approximate surface area is 146 Å². The van der Waals surface area contributed by atoms with Crippen LogP contribution in [0.2, 0.25) is 5.02 Å². The van der Waals surface area contributed by atoms with Crippen molar-refractivity contribution in [3.8, 4) is 0 Å². The highest BCUT2D eigenvalue weighted by Crippen LogP contribution is 2.42. The fourth-order valence-electron chi connectivity index (χ4n) is 3.05. The maximum Gasteiger partial charge on any atom is 0.197 e. The lowest BCUT2D eigenvalue weighted by Gasteiger charge is -2.19. The Morgan fingerprint density at radius 3 is 2.62 bits per heavy atom. The van der Waals surface area contributed by atoms with Crippen molar-refractivity contribution in [2.75, 3.05) is 12.8 Å². The van der Waals surface area contributed by atoms with Crippen LogP contribution in [0, 0.1) is 18.7 Å². The fraction of sp³-hybridized carbons (Fsp3) is 0.316. The van der Waals surface area contributed by atoms with Crippen LogP contribution in [0.1, 0.15) is 45.9 Å². The van der Waals surface area contributed by atoms with Crippen molar-refractivity contribution in [2.45, 2.75) is 25.8 Å². The largest absolute Gasteiger partial charge is 0.399 e. The van der Waals surface area contributed by atoms with E-state index >= 15 is 4.39 Å². The highest BCUT2D eigenvalue weighted by Gasteiger charge is 2.34. The van der Waals surface area contributed by atoms with Crippen LogP contribution in [0.5, 0.6) is 0 Å². The van der Waals surface area contributed by atoms with E-state index in [-0.39, 0.29) is 16.6 Å². The minimum absolute atomic E-state index is 0.0701. The molecule has 0 aromatic heterocycles. The van der Waals surface area contributed by atoms with Gasteiger partial charge in [-0.3, -0.25) is 4.79 Å². The molecule has 1 saturated carbocycles. The minimum atomic E-state index is -0.534.